The summed E-state index contributed by atoms with van der Waals surface area (Å²) < 4.78 is 63.2. The van der Waals surface area contributed by atoms with Crippen molar-refractivity contribution in [2.45, 2.75) is 39.0 Å². The average Bonchev–Trinajstić information content (AvgIpc) is 3.41. The van der Waals surface area contributed by atoms with Crippen LogP contribution in [-0.4, -0.2) is 23.4 Å². The van der Waals surface area contributed by atoms with Crippen LogP contribution in [0.4, 0.5) is 11.4 Å². The van der Waals surface area contributed by atoms with Crippen molar-refractivity contribution in [1.29, 1.82) is 0 Å². The molecule has 0 saturated carbocycles. The first-order chi connectivity index (χ1) is 17.1. The van der Waals surface area contributed by atoms with Crippen LogP contribution in [0.3, 0.4) is 0 Å². The van der Waals surface area contributed by atoms with Crippen molar-refractivity contribution in [3.8, 4) is 0 Å². The molecule has 0 unspecified atom stereocenters. The van der Waals surface area contributed by atoms with Crippen molar-refractivity contribution < 1.29 is 16.8 Å². The number of sulfonamides is 2. The Bertz CT molecular complexity index is 1660. The Morgan fingerprint density at radius 1 is 0.667 bits per heavy atom. The SMILES string of the molecule is CCN1c2c(ss/c2=N\S(=O)(=O)c2ccc(C)cc2)Sc2ss/c(=N\S(=O)(=O)c3ccc(C)cc3)c21. The van der Waals surface area contributed by atoms with Gasteiger partial charge in [0.15, 0.2) is 9.34 Å². The van der Waals surface area contributed by atoms with Gasteiger partial charge < -0.3 is 4.90 Å². The number of benzene rings is 2. The summed E-state index contributed by atoms with van der Waals surface area (Å²) in [5, 5.41) is 0. The molecule has 1 aliphatic heterocycles. The molecule has 0 bridgehead atoms. The molecule has 0 saturated heterocycles. The molecule has 7 nitrogen and oxygen atoms in total. The van der Waals surface area contributed by atoms with E-state index in [0.29, 0.717) is 27.3 Å². The van der Waals surface area contributed by atoms with E-state index < -0.39 is 20.0 Å². The van der Waals surface area contributed by atoms with Crippen LogP contribution in [0, 0.1) is 13.8 Å². The Kier molecular flexibility index (Phi) is 7.04. The van der Waals surface area contributed by atoms with Gasteiger partial charge in [0.1, 0.15) is 19.8 Å². The second kappa shape index (κ2) is 9.82. The van der Waals surface area contributed by atoms with E-state index in [2.05, 4.69) is 8.80 Å². The van der Waals surface area contributed by atoms with Crippen molar-refractivity contribution in [2.24, 2.45) is 8.80 Å². The fourth-order valence-electron chi connectivity index (χ4n) is 3.44. The van der Waals surface area contributed by atoms with Gasteiger partial charge >= 0.3 is 0 Å². The second-order valence-electron chi connectivity index (χ2n) is 7.82. The van der Waals surface area contributed by atoms with Crippen LogP contribution in [0.5, 0.6) is 0 Å². The first-order valence-electron chi connectivity index (χ1n) is 10.6. The maximum absolute atomic E-state index is 13.0. The lowest BCUT2D eigenvalue weighted by molar-refractivity contribution is 0.595. The molecule has 188 valence electrons. The van der Waals surface area contributed by atoms with Gasteiger partial charge in [0.2, 0.25) is 0 Å². The Labute approximate surface area is 228 Å². The summed E-state index contributed by atoms with van der Waals surface area (Å²) in [6.45, 7) is 6.21. The lowest BCUT2D eigenvalue weighted by atomic mass is 10.2. The van der Waals surface area contributed by atoms with Crippen molar-refractivity contribution in [1.82, 2.24) is 0 Å². The van der Waals surface area contributed by atoms with E-state index in [9.17, 15) is 16.8 Å². The van der Waals surface area contributed by atoms with E-state index in [1.54, 1.807) is 48.5 Å². The van der Waals surface area contributed by atoms with Gasteiger partial charge in [-0.1, -0.05) is 88.5 Å². The van der Waals surface area contributed by atoms with Crippen LogP contribution in [0.2, 0.25) is 0 Å². The summed E-state index contributed by atoms with van der Waals surface area (Å²) in [6.07, 6.45) is 0. The molecule has 1 aliphatic rings. The van der Waals surface area contributed by atoms with Gasteiger partial charge in [0.05, 0.1) is 9.79 Å². The van der Waals surface area contributed by atoms with Crippen molar-refractivity contribution >= 4 is 84.5 Å². The first kappa shape index (κ1) is 25.8. The van der Waals surface area contributed by atoms with Crippen LogP contribution in [0.1, 0.15) is 18.1 Å². The third-order valence-electron chi connectivity index (χ3n) is 5.27. The zero-order chi connectivity index (χ0) is 25.7. The molecule has 5 rings (SSSR count). The summed E-state index contributed by atoms with van der Waals surface area (Å²) in [5.41, 5.74) is 3.27. The van der Waals surface area contributed by atoms with E-state index in [4.69, 9.17) is 0 Å². The molecule has 0 fully saturated rings. The molecule has 0 amide bonds. The van der Waals surface area contributed by atoms with Crippen molar-refractivity contribution in [2.75, 3.05) is 11.4 Å². The van der Waals surface area contributed by atoms with Crippen molar-refractivity contribution in [3.05, 3.63) is 69.0 Å². The molecule has 36 heavy (non-hydrogen) atoms. The molecular formula is C22H19N3O4S7. The molecule has 4 aromatic rings. The summed E-state index contributed by atoms with van der Waals surface area (Å²) >= 11 is 1.50. The van der Waals surface area contributed by atoms with E-state index in [0.717, 1.165) is 19.5 Å². The molecule has 0 radical (unpaired) electrons. The lowest BCUT2D eigenvalue weighted by Gasteiger charge is -2.26. The van der Waals surface area contributed by atoms with Crippen LogP contribution in [-0.2, 0) is 20.0 Å². The van der Waals surface area contributed by atoms with Gasteiger partial charge in [-0.2, -0.15) is 16.8 Å². The van der Waals surface area contributed by atoms with E-state index >= 15 is 0 Å². The monoisotopic (exact) mass is 613 g/mol. The lowest BCUT2D eigenvalue weighted by Crippen LogP contribution is -2.28. The average molecular weight is 614 g/mol. The number of nitrogens with zero attached hydrogens (tertiary/aromatic N) is 3. The number of aryl methyl sites for hydroxylation is 2. The van der Waals surface area contributed by atoms with E-state index in [1.807, 2.05) is 25.7 Å². The molecule has 2 aromatic carbocycles. The molecule has 2 aromatic heterocycles. The highest BCUT2D eigenvalue weighted by Crippen LogP contribution is 2.51. The van der Waals surface area contributed by atoms with Gasteiger partial charge in [-0.05, 0) is 45.0 Å². The largest absolute Gasteiger partial charge is 0.334 e. The smallest absolute Gasteiger partial charge is 0.283 e. The van der Waals surface area contributed by atoms with Crippen LogP contribution in [0.15, 0.2) is 75.5 Å². The van der Waals surface area contributed by atoms with Gasteiger partial charge in [0, 0.05) is 6.54 Å². The highest BCUT2D eigenvalue weighted by Gasteiger charge is 2.31. The molecule has 0 N–H and O–H groups in total. The Hall–Kier alpha value is -1.81. The highest BCUT2D eigenvalue weighted by atomic mass is 32.9. The fourth-order valence-corrected chi connectivity index (χ4v) is 13.1. The Morgan fingerprint density at radius 2 is 1.06 bits per heavy atom. The number of anilines is 2. The molecule has 14 heteroatoms. The maximum atomic E-state index is 13.0. The quantitative estimate of drug-likeness (QED) is 0.266. The minimum atomic E-state index is -3.92. The zero-order valence-electron chi connectivity index (χ0n) is 19.2. The molecule has 0 spiro atoms. The topological polar surface area (TPSA) is 96.2 Å². The normalized spacial score (nSPS) is 14.7. The van der Waals surface area contributed by atoms with Crippen LogP contribution in [0.25, 0.3) is 0 Å². The first-order valence-corrected chi connectivity index (χ1v) is 18.6. The summed E-state index contributed by atoms with van der Waals surface area (Å²) in [4.78, 5) is 2.18. The number of hydrogen-bond donors (Lipinski definition) is 0. The molecule has 3 heterocycles. The predicted octanol–water partition coefficient (Wildman–Crippen LogP) is 5.75. The third-order valence-corrected chi connectivity index (χ3v) is 14.7. The highest BCUT2D eigenvalue weighted by molar-refractivity contribution is 8.06. The van der Waals surface area contributed by atoms with Crippen LogP contribution >= 0.6 is 53.1 Å². The maximum Gasteiger partial charge on any atom is 0.283 e. The minimum absolute atomic E-state index is 0.130. The fraction of sp³-hybridized carbons (Fsp3) is 0.182. The Balaban J connectivity index is 1.63. The number of hydrogen-bond acceptors (Lipinski definition) is 10. The van der Waals surface area contributed by atoms with Gasteiger partial charge in [0.25, 0.3) is 20.0 Å². The Morgan fingerprint density at radius 3 is 1.42 bits per heavy atom. The van der Waals surface area contributed by atoms with Gasteiger partial charge in [-0.3, -0.25) is 0 Å². The standard InChI is InChI=1S/C22H19N3O4S7/c1-4-25-17-19(23-35(26,27)15-9-5-13(2)6-10-15)31-33-21(17)30-22-18(25)20(32-34-22)24-36(28,29)16-11-7-14(3)8-12-16/h5-12H,4H2,1-3H3/b23-19-,24-20-. The number of fused-ring (bicyclic) bond motifs is 2. The number of rotatable bonds is 5. The second-order valence-corrected chi connectivity index (χ2v) is 16.8. The molecule has 0 aliphatic carbocycles. The van der Waals surface area contributed by atoms with E-state index in [-0.39, 0.29) is 9.79 Å². The molecular weight excluding hydrogens is 595 g/mol. The van der Waals surface area contributed by atoms with Gasteiger partial charge in [-0.25, -0.2) is 0 Å². The third kappa shape index (κ3) is 4.87. The minimum Gasteiger partial charge on any atom is -0.334 e. The van der Waals surface area contributed by atoms with E-state index in [1.165, 1.54) is 53.1 Å². The molecule has 0 atom stereocenters. The van der Waals surface area contributed by atoms with Crippen LogP contribution < -0.4 is 14.2 Å². The van der Waals surface area contributed by atoms with Gasteiger partial charge in [-0.15, -0.1) is 8.80 Å². The predicted molar refractivity (Wildman–Crippen MR) is 149 cm³/mol. The summed E-state index contributed by atoms with van der Waals surface area (Å²) in [6, 6.07) is 13.2. The van der Waals surface area contributed by atoms with Crippen molar-refractivity contribution in [3.63, 3.8) is 0 Å². The summed E-state index contributed by atoms with van der Waals surface area (Å²) in [7, 11) is -2.32. The summed E-state index contributed by atoms with van der Waals surface area (Å²) in [5.74, 6) is 0. The zero-order valence-corrected chi connectivity index (χ0v) is 24.9.